The fourth-order valence-corrected chi connectivity index (χ4v) is 3.72. The molecule has 4 heterocycles. The average molecular weight is 350 g/mol. The van der Waals surface area contributed by atoms with E-state index < -0.39 is 0 Å². The van der Waals surface area contributed by atoms with Crippen LogP contribution in [0.25, 0.3) is 0 Å². The third kappa shape index (κ3) is 3.33. The predicted octanol–water partition coefficient (Wildman–Crippen LogP) is 2.16. The van der Waals surface area contributed by atoms with Crippen molar-refractivity contribution in [3.63, 3.8) is 0 Å². The van der Waals surface area contributed by atoms with E-state index in [4.69, 9.17) is 10.00 Å². The van der Waals surface area contributed by atoms with Crippen molar-refractivity contribution in [2.75, 3.05) is 29.9 Å². The minimum Gasteiger partial charge on any atom is -0.371 e. The largest absolute Gasteiger partial charge is 0.371 e. The molecule has 7 heteroatoms. The lowest BCUT2D eigenvalue weighted by Gasteiger charge is -2.23. The molecule has 0 saturated carbocycles. The lowest BCUT2D eigenvalue weighted by Crippen LogP contribution is -2.34. The summed E-state index contributed by atoms with van der Waals surface area (Å²) >= 11 is 0. The molecule has 2 saturated heterocycles. The first-order valence-corrected chi connectivity index (χ1v) is 9.03. The Morgan fingerprint density at radius 2 is 2.23 bits per heavy atom. The highest BCUT2D eigenvalue weighted by Gasteiger charge is 2.46. The lowest BCUT2D eigenvalue weighted by atomic mass is 9.97. The van der Waals surface area contributed by atoms with E-state index in [1.165, 1.54) is 0 Å². The number of nitrogens with zero attached hydrogens (tertiary/aromatic N) is 5. The van der Waals surface area contributed by atoms with E-state index in [0.717, 1.165) is 49.7 Å². The first kappa shape index (κ1) is 16.7. The van der Waals surface area contributed by atoms with Crippen LogP contribution in [0.1, 0.15) is 31.0 Å². The van der Waals surface area contributed by atoms with Gasteiger partial charge in [-0.05, 0) is 30.5 Å². The minimum absolute atomic E-state index is 0.155. The number of rotatable bonds is 4. The van der Waals surface area contributed by atoms with Gasteiger partial charge in [-0.25, -0.2) is 15.0 Å². The second-order valence-electron chi connectivity index (χ2n) is 6.98. The van der Waals surface area contributed by atoms with Gasteiger partial charge in [0.25, 0.3) is 0 Å². The SMILES string of the molecule is CCc1cnc(N2CC[C@]3(C[C@H](Nc4cccc(C#N)n4)CO3)C2)nc1. The molecule has 2 atom stereocenters. The maximum atomic E-state index is 8.98. The van der Waals surface area contributed by atoms with E-state index in [9.17, 15) is 0 Å². The van der Waals surface area contributed by atoms with Crippen molar-refractivity contribution >= 4 is 11.8 Å². The Hall–Kier alpha value is -2.72. The molecule has 2 aliphatic heterocycles. The Morgan fingerprint density at radius 3 is 3.00 bits per heavy atom. The molecule has 1 N–H and O–H groups in total. The molecule has 7 nitrogen and oxygen atoms in total. The topological polar surface area (TPSA) is 87.0 Å². The molecular weight excluding hydrogens is 328 g/mol. The van der Waals surface area contributed by atoms with Crippen molar-refractivity contribution in [2.45, 2.75) is 37.8 Å². The summed E-state index contributed by atoms with van der Waals surface area (Å²) in [7, 11) is 0. The molecule has 0 radical (unpaired) electrons. The highest BCUT2D eigenvalue weighted by molar-refractivity contribution is 5.40. The molecule has 134 valence electrons. The zero-order valence-corrected chi connectivity index (χ0v) is 14.9. The number of hydrogen-bond acceptors (Lipinski definition) is 7. The van der Waals surface area contributed by atoms with Crippen LogP contribution in [0.5, 0.6) is 0 Å². The fraction of sp³-hybridized carbons (Fsp3) is 0.474. The normalized spacial score (nSPS) is 24.8. The standard InChI is InChI=1S/C19H22N6O/c1-2-14-10-21-18(22-11-14)25-7-6-19(13-25)8-16(12-26-19)24-17-5-3-4-15(9-20)23-17/h3-5,10-11,16H,2,6-8,12-13H2,1H3,(H,23,24)/t16-,19-/m0/s1. The number of nitriles is 1. The van der Waals surface area contributed by atoms with E-state index in [0.29, 0.717) is 12.3 Å². The molecule has 0 bridgehead atoms. The Bertz CT molecular complexity index is 818. The maximum Gasteiger partial charge on any atom is 0.225 e. The highest BCUT2D eigenvalue weighted by atomic mass is 16.5. The molecule has 2 aliphatic rings. The first-order chi connectivity index (χ1) is 12.7. The summed E-state index contributed by atoms with van der Waals surface area (Å²) in [5.74, 6) is 1.51. The molecule has 26 heavy (non-hydrogen) atoms. The average Bonchev–Trinajstić information content (AvgIpc) is 3.28. The molecule has 2 aromatic heterocycles. The number of nitrogens with one attached hydrogen (secondary N) is 1. The number of aryl methyl sites for hydroxylation is 1. The number of ether oxygens (including phenoxy) is 1. The summed E-state index contributed by atoms with van der Waals surface area (Å²) in [5.41, 5.74) is 1.41. The molecule has 0 aliphatic carbocycles. The summed E-state index contributed by atoms with van der Waals surface area (Å²) in [4.78, 5) is 15.5. The molecule has 4 rings (SSSR count). The van der Waals surface area contributed by atoms with Crippen molar-refractivity contribution in [1.82, 2.24) is 15.0 Å². The van der Waals surface area contributed by atoms with Crippen LogP contribution >= 0.6 is 0 Å². The van der Waals surface area contributed by atoms with Gasteiger partial charge in [0.15, 0.2) is 0 Å². The van der Waals surface area contributed by atoms with Gasteiger partial charge in [-0.3, -0.25) is 0 Å². The minimum atomic E-state index is -0.155. The van der Waals surface area contributed by atoms with Gasteiger partial charge in [0.2, 0.25) is 5.95 Å². The van der Waals surface area contributed by atoms with Crippen molar-refractivity contribution in [3.8, 4) is 6.07 Å². The van der Waals surface area contributed by atoms with E-state index in [2.05, 4.69) is 38.2 Å². The molecule has 0 aromatic carbocycles. The van der Waals surface area contributed by atoms with E-state index >= 15 is 0 Å². The van der Waals surface area contributed by atoms with Gasteiger partial charge in [-0.1, -0.05) is 13.0 Å². The van der Waals surface area contributed by atoms with Crippen LogP contribution in [0, 0.1) is 11.3 Å². The van der Waals surface area contributed by atoms with Gasteiger partial charge in [-0.2, -0.15) is 5.26 Å². The number of aromatic nitrogens is 3. The third-order valence-corrected chi connectivity index (χ3v) is 5.12. The van der Waals surface area contributed by atoms with Gasteiger partial charge in [0.05, 0.1) is 24.8 Å². The van der Waals surface area contributed by atoms with Crippen LogP contribution in [-0.4, -0.2) is 46.3 Å². The van der Waals surface area contributed by atoms with Gasteiger partial charge < -0.3 is 15.0 Å². The second-order valence-corrected chi connectivity index (χ2v) is 6.98. The Balaban J connectivity index is 1.39. The van der Waals surface area contributed by atoms with Gasteiger partial charge in [0.1, 0.15) is 17.6 Å². The van der Waals surface area contributed by atoms with Gasteiger partial charge in [-0.15, -0.1) is 0 Å². The molecule has 0 unspecified atom stereocenters. The van der Waals surface area contributed by atoms with Crippen molar-refractivity contribution < 1.29 is 4.74 Å². The van der Waals surface area contributed by atoms with Crippen LogP contribution < -0.4 is 10.2 Å². The second kappa shape index (κ2) is 6.89. The smallest absolute Gasteiger partial charge is 0.225 e. The molecule has 1 spiro atoms. The predicted molar refractivity (Wildman–Crippen MR) is 97.9 cm³/mol. The zero-order valence-electron chi connectivity index (χ0n) is 14.9. The summed E-state index contributed by atoms with van der Waals surface area (Å²) in [6.45, 7) is 4.45. The van der Waals surface area contributed by atoms with E-state index in [1.807, 2.05) is 24.5 Å². The van der Waals surface area contributed by atoms with Gasteiger partial charge in [0, 0.05) is 25.4 Å². The summed E-state index contributed by atoms with van der Waals surface area (Å²) in [5, 5.41) is 12.4. The molecule has 2 aromatic rings. The Kier molecular flexibility index (Phi) is 4.43. The number of pyridine rings is 1. The van der Waals surface area contributed by atoms with Crippen molar-refractivity contribution in [3.05, 3.63) is 41.9 Å². The van der Waals surface area contributed by atoms with Crippen molar-refractivity contribution in [2.24, 2.45) is 0 Å². The highest BCUT2D eigenvalue weighted by Crippen LogP contribution is 2.37. The molecule has 0 amide bonds. The van der Waals surface area contributed by atoms with Crippen LogP contribution in [-0.2, 0) is 11.2 Å². The summed E-state index contributed by atoms with van der Waals surface area (Å²) in [6.07, 6.45) is 6.63. The Morgan fingerprint density at radius 1 is 1.38 bits per heavy atom. The van der Waals surface area contributed by atoms with Crippen LogP contribution in [0.3, 0.4) is 0 Å². The summed E-state index contributed by atoms with van der Waals surface area (Å²) in [6, 6.07) is 7.70. The lowest BCUT2D eigenvalue weighted by molar-refractivity contribution is 0.0228. The number of anilines is 2. The van der Waals surface area contributed by atoms with Crippen LogP contribution in [0.4, 0.5) is 11.8 Å². The van der Waals surface area contributed by atoms with E-state index in [1.54, 1.807) is 6.07 Å². The molecular formula is C19H22N6O. The van der Waals surface area contributed by atoms with Crippen molar-refractivity contribution in [1.29, 1.82) is 5.26 Å². The third-order valence-electron chi connectivity index (χ3n) is 5.12. The number of hydrogen-bond donors (Lipinski definition) is 1. The van der Waals surface area contributed by atoms with E-state index in [-0.39, 0.29) is 11.6 Å². The first-order valence-electron chi connectivity index (χ1n) is 9.03. The molecule has 2 fully saturated rings. The summed E-state index contributed by atoms with van der Waals surface area (Å²) < 4.78 is 6.19. The zero-order chi connectivity index (χ0) is 18.0. The van der Waals surface area contributed by atoms with Crippen LogP contribution in [0.2, 0.25) is 0 Å². The fourth-order valence-electron chi connectivity index (χ4n) is 3.72. The van der Waals surface area contributed by atoms with Crippen LogP contribution in [0.15, 0.2) is 30.6 Å². The quantitative estimate of drug-likeness (QED) is 0.904. The monoisotopic (exact) mass is 350 g/mol. The van der Waals surface area contributed by atoms with Gasteiger partial charge >= 0.3 is 0 Å². The Labute approximate surface area is 153 Å². The maximum absolute atomic E-state index is 8.98.